The number of nitrogens with two attached hydrogens (primary N) is 6. The highest BCUT2D eigenvalue weighted by molar-refractivity contribution is 5.97. The van der Waals surface area contributed by atoms with Crippen LogP contribution in [0, 0.1) is 5.92 Å². The first-order valence-electron chi connectivity index (χ1n) is 7.46. The number of aliphatic imine (C=N–C) groups is 2. The van der Waals surface area contributed by atoms with Crippen molar-refractivity contribution in [3.63, 3.8) is 0 Å². The van der Waals surface area contributed by atoms with E-state index in [1.165, 1.54) is 0 Å². The van der Waals surface area contributed by atoms with Crippen molar-refractivity contribution in [1.29, 1.82) is 0 Å². The molecule has 23 heavy (non-hydrogen) atoms. The molecular formula is C15H26N8. The zero-order valence-corrected chi connectivity index (χ0v) is 13.4. The predicted molar refractivity (Wildman–Crippen MR) is 98.5 cm³/mol. The molecular weight excluding hydrogens is 292 g/mol. The van der Waals surface area contributed by atoms with Gasteiger partial charge in [-0.3, -0.25) is 9.98 Å². The molecule has 0 aliphatic heterocycles. The minimum absolute atomic E-state index is 0.210. The molecule has 5 unspecified atom stereocenters. The van der Waals surface area contributed by atoms with Crippen molar-refractivity contribution in [2.24, 2.45) is 33.1 Å². The quantitative estimate of drug-likeness (QED) is 0.342. The van der Waals surface area contributed by atoms with Crippen LogP contribution in [0.4, 0.5) is 28.4 Å². The Morgan fingerprint density at radius 3 is 1.96 bits per heavy atom. The third-order valence-corrected chi connectivity index (χ3v) is 4.87. The Labute approximate surface area is 136 Å². The van der Waals surface area contributed by atoms with Gasteiger partial charge in [0.05, 0.1) is 22.7 Å². The summed E-state index contributed by atoms with van der Waals surface area (Å²) in [4.78, 5) is 7.85. The fourth-order valence-electron chi connectivity index (χ4n) is 3.52. The minimum atomic E-state index is -0.391. The van der Waals surface area contributed by atoms with Gasteiger partial charge >= 0.3 is 0 Å². The zero-order valence-electron chi connectivity index (χ0n) is 13.4. The van der Waals surface area contributed by atoms with Crippen LogP contribution in [0.1, 0.15) is 24.8 Å². The van der Waals surface area contributed by atoms with Crippen LogP contribution in [-0.2, 0) is 0 Å². The van der Waals surface area contributed by atoms with E-state index in [9.17, 15) is 0 Å². The normalized spacial score (nSPS) is 30.9. The topological polar surface area (TPSA) is 181 Å². The summed E-state index contributed by atoms with van der Waals surface area (Å²) in [5.41, 5.74) is 39.5. The second-order valence-electron chi connectivity index (χ2n) is 6.23. The van der Waals surface area contributed by atoms with Crippen LogP contribution in [0.2, 0.25) is 0 Å². The lowest BCUT2D eigenvalue weighted by molar-refractivity contribution is 0.233. The molecule has 1 aromatic rings. The third kappa shape index (κ3) is 2.54. The largest absolute Gasteiger partial charge is 0.397 e. The van der Waals surface area contributed by atoms with Crippen molar-refractivity contribution in [2.75, 3.05) is 17.2 Å². The molecule has 0 aromatic heterocycles. The molecule has 126 valence electrons. The van der Waals surface area contributed by atoms with Crippen molar-refractivity contribution >= 4 is 41.9 Å². The Bertz CT molecular complexity index is 641. The van der Waals surface area contributed by atoms with E-state index in [-0.39, 0.29) is 35.3 Å². The number of hydrogen-bond acceptors (Lipinski definition) is 8. The molecule has 0 saturated heterocycles. The molecule has 8 nitrogen and oxygen atoms in total. The molecule has 1 aliphatic rings. The van der Waals surface area contributed by atoms with Crippen LogP contribution in [0.15, 0.2) is 9.98 Å². The van der Waals surface area contributed by atoms with Gasteiger partial charge in [0.2, 0.25) is 0 Å². The number of nitrogen functional groups attached to an aromatic ring is 3. The number of anilines is 3. The summed E-state index contributed by atoms with van der Waals surface area (Å²) in [6.07, 6.45) is 0.719. The number of benzene rings is 1. The van der Waals surface area contributed by atoms with Crippen LogP contribution in [-0.4, -0.2) is 31.6 Å². The SMILES string of the molecule is C=Nc1c(N)c(N)c(C2C(N)CC(C)C(N)C2N)c(N=C)c1N. The number of nitrogens with zero attached hydrogens (tertiary/aromatic N) is 2. The highest BCUT2D eigenvalue weighted by atomic mass is 14.9. The fourth-order valence-corrected chi connectivity index (χ4v) is 3.52. The molecule has 1 saturated carbocycles. The van der Waals surface area contributed by atoms with Crippen molar-refractivity contribution < 1.29 is 0 Å². The second kappa shape index (κ2) is 6.15. The average Bonchev–Trinajstić information content (AvgIpc) is 2.50. The van der Waals surface area contributed by atoms with Crippen molar-refractivity contribution in [3.05, 3.63) is 5.56 Å². The monoisotopic (exact) mass is 318 g/mol. The van der Waals surface area contributed by atoms with E-state index >= 15 is 0 Å². The van der Waals surface area contributed by atoms with E-state index in [0.717, 1.165) is 6.42 Å². The van der Waals surface area contributed by atoms with Gasteiger partial charge in [0.1, 0.15) is 5.69 Å². The molecule has 12 N–H and O–H groups in total. The van der Waals surface area contributed by atoms with Gasteiger partial charge in [0, 0.05) is 29.6 Å². The lowest BCUT2D eigenvalue weighted by atomic mass is 9.69. The molecule has 0 bridgehead atoms. The molecule has 1 fully saturated rings. The molecule has 0 heterocycles. The minimum Gasteiger partial charge on any atom is -0.397 e. The molecule has 1 aliphatic carbocycles. The van der Waals surface area contributed by atoms with E-state index in [0.29, 0.717) is 22.6 Å². The molecule has 8 heteroatoms. The molecule has 1 aromatic carbocycles. The summed E-state index contributed by atoms with van der Waals surface area (Å²) in [6, 6.07) is -0.835. The summed E-state index contributed by atoms with van der Waals surface area (Å²) in [5.74, 6) is -0.105. The maximum absolute atomic E-state index is 6.36. The fraction of sp³-hybridized carbons (Fsp3) is 0.467. The average molecular weight is 318 g/mol. The maximum atomic E-state index is 6.36. The van der Waals surface area contributed by atoms with Crippen molar-refractivity contribution in [1.82, 2.24) is 0 Å². The van der Waals surface area contributed by atoms with Crippen molar-refractivity contribution in [3.8, 4) is 0 Å². The molecule has 0 amide bonds. The van der Waals surface area contributed by atoms with Gasteiger partial charge in [0.15, 0.2) is 0 Å². The first-order chi connectivity index (χ1) is 10.8. The Balaban J connectivity index is 2.72. The van der Waals surface area contributed by atoms with E-state index in [1.807, 2.05) is 6.92 Å². The van der Waals surface area contributed by atoms with Gasteiger partial charge in [-0.05, 0) is 25.8 Å². The molecule has 0 spiro atoms. The third-order valence-electron chi connectivity index (χ3n) is 4.87. The van der Waals surface area contributed by atoms with E-state index in [1.54, 1.807) is 0 Å². The number of hydrogen-bond donors (Lipinski definition) is 6. The Hall–Kier alpha value is -2.16. The van der Waals surface area contributed by atoms with Gasteiger partial charge in [-0.1, -0.05) is 6.92 Å². The lowest BCUT2D eigenvalue weighted by Gasteiger charge is -2.43. The van der Waals surface area contributed by atoms with Gasteiger partial charge in [-0.2, -0.15) is 0 Å². The van der Waals surface area contributed by atoms with Gasteiger partial charge < -0.3 is 34.4 Å². The Morgan fingerprint density at radius 2 is 1.43 bits per heavy atom. The van der Waals surface area contributed by atoms with Gasteiger partial charge in [-0.25, -0.2) is 0 Å². The summed E-state index contributed by atoms with van der Waals surface area (Å²) in [6.45, 7) is 9.07. The molecule has 5 atom stereocenters. The van der Waals surface area contributed by atoms with E-state index in [4.69, 9.17) is 34.4 Å². The van der Waals surface area contributed by atoms with E-state index < -0.39 is 6.04 Å². The smallest absolute Gasteiger partial charge is 0.112 e. The highest BCUT2D eigenvalue weighted by Gasteiger charge is 2.41. The predicted octanol–water partition coefficient (Wildman–Crippen LogP) is 0.203. The van der Waals surface area contributed by atoms with Crippen LogP contribution in [0.3, 0.4) is 0 Å². The summed E-state index contributed by atoms with van der Waals surface area (Å²) in [5, 5.41) is 0. The first-order valence-corrected chi connectivity index (χ1v) is 7.46. The summed E-state index contributed by atoms with van der Waals surface area (Å²) < 4.78 is 0. The summed E-state index contributed by atoms with van der Waals surface area (Å²) >= 11 is 0. The Morgan fingerprint density at radius 1 is 0.870 bits per heavy atom. The lowest BCUT2D eigenvalue weighted by Crippen LogP contribution is -2.58. The van der Waals surface area contributed by atoms with Crippen LogP contribution in [0.25, 0.3) is 0 Å². The maximum Gasteiger partial charge on any atom is 0.112 e. The van der Waals surface area contributed by atoms with Crippen LogP contribution in [0.5, 0.6) is 0 Å². The Kier molecular flexibility index (Phi) is 4.60. The summed E-state index contributed by atoms with van der Waals surface area (Å²) in [7, 11) is 0. The van der Waals surface area contributed by atoms with Crippen molar-refractivity contribution in [2.45, 2.75) is 37.4 Å². The number of rotatable bonds is 3. The van der Waals surface area contributed by atoms with Crippen LogP contribution < -0.4 is 34.4 Å². The second-order valence-corrected chi connectivity index (χ2v) is 6.23. The molecule has 2 rings (SSSR count). The van der Waals surface area contributed by atoms with Crippen LogP contribution >= 0.6 is 0 Å². The van der Waals surface area contributed by atoms with E-state index in [2.05, 4.69) is 23.4 Å². The first kappa shape index (κ1) is 17.2. The standard InChI is InChI=1S/C15H26N8/c1-5-4-6(16)7(10(18)9(5)17)8-11(19)12(20)15(23-3)13(21)14(8)22-2/h5-7,9-10H,2-4,16-21H2,1H3. The molecule has 0 radical (unpaired) electrons. The van der Waals surface area contributed by atoms with Gasteiger partial charge in [0.25, 0.3) is 0 Å². The van der Waals surface area contributed by atoms with Gasteiger partial charge in [-0.15, -0.1) is 0 Å². The highest BCUT2D eigenvalue weighted by Crippen LogP contribution is 2.50. The zero-order chi connectivity index (χ0) is 17.5.